The third-order valence-electron chi connectivity index (χ3n) is 2.79. The maximum atomic E-state index is 9.74. The Hall–Kier alpha value is -1.72. The van der Waals surface area contributed by atoms with E-state index in [2.05, 4.69) is 5.32 Å². The minimum atomic E-state index is -0.573. The van der Waals surface area contributed by atoms with Crippen LogP contribution in [0.25, 0.3) is 5.70 Å². The van der Waals surface area contributed by atoms with E-state index in [0.29, 0.717) is 18.1 Å². The summed E-state index contributed by atoms with van der Waals surface area (Å²) in [6.07, 6.45) is -0.573. The van der Waals surface area contributed by atoms with E-state index in [1.807, 2.05) is 25.1 Å². The smallest absolute Gasteiger partial charge is 0.144 e. The molecule has 1 rings (SSSR count). The number of nitrogens with one attached hydrogen (secondary N) is 1. The van der Waals surface area contributed by atoms with Gasteiger partial charge < -0.3 is 20.0 Å². The molecule has 1 aromatic carbocycles. The van der Waals surface area contributed by atoms with Crippen LogP contribution in [0.15, 0.2) is 24.0 Å². The molecule has 19 heavy (non-hydrogen) atoms. The van der Waals surface area contributed by atoms with E-state index in [0.717, 1.165) is 16.8 Å². The van der Waals surface area contributed by atoms with Gasteiger partial charge in [0.15, 0.2) is 0 Å². The normalized spacial score (nSPS) is 13.6. The molecule has 0 amide bonds. The summed E-state index contributed by atoms with van der Waals surface area (Å²) in [6, 6.07) is 5.58. The van der Waals surface area contributed by atoms with Gasteiger partial charge in [0.1, 0.15) is 11.5 Å². The zero-order chi connectivity index (χ0) is 14.4. The molecule has 0 heterocycles. The molecule has 0 aliphatic rings. The summed E-state index contributed by atoms with van der Waals surface area (Å²) in [7, 11) is 1.78. The number of aliphatic hydroxyl groups excluding tert-OH is 1. The summed E-state index contributed by atoms with van der Waals surface area (Å²) >= 11 is 0. The highest BCUT2D eigenvalue weighted by Gasteiger charge is 2.11. The monoisotopic (exact) mass is 266 g/mol. The Balaban J connectivity index is 3.33. The molecular weight excluding hydrogens is 244 g/mol. The number of benzene rings is 1. The van der Waals surface area contributed by atoms with Crippen LogP contribution in [0, 0.1) is 0 Å². The molecule has 1 unspecified atom stereocenters. The first kappa shape index (κ1) is 15.3. The van der Waals surface area contributed by atoms with E-state index in [1.165, 1.54) is 0 Å². The molecule has 5 nitrogen and oxygen atoms in total. The number of allylic oxidation sites excluding steroid dienone is 1. The van der Waals surface area contributed by atoms with Crippen molar-refractivity contribution in [2.24, 2.45) is 5.90 Å². The van der Waals surface area contributed by atoms with Gasteiger partial charge in [-0.3, -0.25) is 0 Å². The maximum Gasteiger partial charge on any atom is 0.144 e. The quantitative estimate of drug-likeness (QED) is 0.542. The van der Waals surface area contributed by atoms with Crippen molar-refractivity contribution in [1.82, 2.24) is 5.32 Å². The van der Waals surface area contributed by atoms with E-state index in [9.17, 15) is 5.11 Å². The van der Waals surface area contributed by atoms with E-state index in [-0.39, 0.29) is 0 Å². The van der Waals surface area contributed by atoms with Crippen molar-refractivity contribution in [2.75, 3.05) is 13.7 Å². The summed E-state index contributed by atoms with van der Waals surface area (Å²) in [5.74, 6) is 6.47. The minimum absolute atomic E-state index is 0.563. The Bertz CT molecular complexity index is 456. The van der Waals surface area contributed by atoms with Gasteiger partial charge in [-0.1, -0.05) is 0 Å². The molecule has 1 atom stereocenters. The summed E-state index contributed by atoms with van der Waals surface area (Å²) in [5, 5.41) is 12.8. The van der Waals surface area contributed by atoms with E-state index >= 15 is 0 Å². The van der Waals surface area contributed by atoms with Crippen molar-refractivity contribution in [3.8, 4) is 5.75 Å². The molecule has 0 spiro atoms. The van der Waals surface area contributed by atoms with Crippen LogP contribution in [0.2, 0.25) is 0 Å². The maximum absolute atomic E-state index is 9.74. The average Bonchev–Trinajstić information content (AvgIpc) is 2.39. The Labute approximate surface area is 114 Å². The Morgan fingerprint density at radius 3 is 2.58 bits per heavy atom. The van der Waals surface area contributed by atoms with Crippen LogP contribution < -0.4 is 16.0 Å². The number of hydrogen-bond donors (Lipinski definition) is 3. The van der Waals surface area contributed by atoms with Crippen molar-refractivity contribution in [1.29, 1.82) is 0 Å². The molecule has 4 N–H and O–H groups in total. The second kappa shape index (κ2) is 7.01. The number of nitrogens with two attached hydrogens (primary N) is 1. The number of aliphatic hydroxyl groups is 1. The van der Waals surface area contributed by atoms with Crippen LogP contribution in [-0.4, -0.2) is 18.8 Å². The van der Waals surface area contributed by atoms with Gasteiger partial charge in [-0.25, -0.2) is 0 Å². The lowest BCUT2D eigenvalue weighted by atomic mass is 10.0. The molecule has 0 saturated heterocycles. The fourth-order valence-corrected chi connectivity index (χ4v) is 1.84. The lowest BCUT2D eigenvalue weighted by Gasteiger charge is -2.15. The van der Waals surface area contributed by atoms with Crippen molar-refractivity contribution >= 4 is 5.70 Å². The molecular formula is C14H22N2O3. The van der Waals surface area contributed by atoms with Gasteiger partial charge in [-0.05, 0) is 44.5 Å². The van der Waals surface area contributed by atoms with Crippen LogP contribution >= 0.6 is 0 Å². The summed E-state index contributed by atoms with van der Waals surface area (Å²) in [6.45, 7) is 5.95. The minimum Gasteiger partial charge on any atom is -0.494 e. The van der Waals surface area contributed by atoms with Gasteiger partial charge in [0, 0.05) is 12.6 Å². The average molecular weight is 266 g/mol. The van der Waals surface area contributed by atoms with Crippen molar-refractivity contribution in [3.63, 3.8) is 0 Å². The predicted molar refractivity (Wildman–Crippen MR) is 75.2 cm³/mol. The molecule has 0 saturated carbocycles. The number of hydrogen-bond acceptors (Lipinski definition) is 5. The van der Waals surface area contributed by atoms with Gasteiger partial charge in [0.25, 0.3) is 0 Å². The summed E-state index contributed by atoms with van der Waals surface area (Å²) in [5.41, 5.74) is 2.39. The Morgan fingerprint density at radius 2 is 2.11 bits per heavy atom. The topological polar surface area (TPSA) is 76.7 Å². The molecule has 5 heteroatoms. The zero-order valence-corrected chi connectivity index (χ0v) is 11.9. The lowest BCUT2D eigenvalue weighted by molar-refractivity contribution is 0.198. The fraction of sp³-hybridized carbons (Fsp3) is 0.429. The van der Waals surface area contributed by atoms with Crippen molar-refractivity contribution in [2.45, 2.75) is 26.9 Å². The fourth-order valence-electron chi connectivity index (χ4n) is 1.84. The van der Waals surface area contributed by atoms with Crippen LogP contribution in [0.5, 0.6) is 5.75 Å². The third-order valence-corrected chi connectivity index (χ3v) is 2.79. The van der Waals surface area contributed by atoms with Crippen LogP contribution in [0.4, 0.5) is 0 Å². The van der Waals surface area contributed by atoms with Crippen LogP contribution in [-0.2, 0) is 4.84 Å². The van der Waals surface area contributed by atoms with Crippen molar-refractivity contribution in [3.05, 3.63) is 35.1 Å². The second-order valence-electron chi connectivity index (χ2n) is 4.20. The zero-order valence-electron chi connectivity index (χ0n) is 11.9. The van der Waals surface area contributed by atoms with Crippen LogP contribution in [0.1, 0.15) is 38.0 Å². The van der Waals surface area contributed by atoms with Gasteiger partial charge in [0.05, 0.1) is 18.4 Å². The first-order chi connectivity index (χ1) is 9.03. The van der Waals surface area contributed by atoms with E-state index in [4.69, 9.17) is 15.5 Å². The SMILES string of the molecule is CCOc1cc(/C(NC)=C(\C)ON)cc(C(C)O)c1. The first-order valence-electron chi connectivity index (χ1n) is 6.25. The van der Waals surface area contributed by atoms with E-state index in [1.54, 1.807) is 20.9 Å². The summed E-state index contributed by atoms with van der Waals surface area (Å²) in [4.78, 5) is 4.77. The van der Waals surface area contributed by atoms with E-state index < -0.39 is 6.10 Å². The molecule has 0 aromatic heterocycles. The Morgan fingerprint density at radius 1 is 1.42 bits per heavy atom. The third kappa shape index (κ3) is 3.87. The van der Waals surface area contributed by atoms with Crippen molar-refractivity contribution < 1.29 is 14.7 Å². The highest BCUT2D eigenvalue weighted by molar-refractivity contribution is 5.67. The molecule has 0 radical (unpaired) electrons. The largest absolute Gasteiger partial charge is 0.494 e. The molecule has 0 aliphatic heterocycles. The second-order valence-corrected chi connectivity index (χ2v) is 4.20. The predicted octanol–water partition coefficient (Wildman–Crippen LogP) is 1.94. The summed E-state index contributed by atoms with van der Waals surface area (Å²) < 4.78 is 5.51. The number of rotatable bonds is 6. The number of ether oxygens (including phenoxy) is 1. The first-order valence-corrected chi connectivity index (χ1v) is 6.25. The molecule has 0 bridgehead atoms. The molecule has 1 aromatic rings. The lowest BCUT2D eigenvalue weighted by Crippen LogP contribution is -2.11. The van der Waals surface area contributed by atoms with Crippen LogP contribution in [0.3, 0.4) is 0 Å². The van der Waals surface area contributed by atoms with Gasteiger partial charge in [-0.15, -0.1) is 0 Å². The Kier molecular flexibility index (Phi) is 5.66. The highest BCUT2D eigenvalue weighted by Crippen LogP contribution is 2.26. The van der Waals surface area contributed by atoms with Gasteiger partial charge >= 0.3 is 0 Å². The molecule has 106 valence electrons. The van der Waals surface area contributed by atoms with Gasteiger partial charge in [-0.2, -0.15) is 5.90 Å². The standard InChI is InChI=1S/C14H22N2O3/c1-5-18-13-7-11(9(2)17)6-12(8-13)14(16-4)10(3)19-15/h6-9,16-17H,5,15H2,1-4H3/b14-10-. The molecule has 0 fully saturated rings. The highest BCUT2D eigenvalue weighted by atomic mass is 16.6. The van der Waals surface area contributed by atoms with Gasteiger partial charge in [0.2, 0.25) is 0 Å². The molecule has 0 aliphatic carbocycles.